The van der Waals surface area contributed by atoms with E-state index < -0.39 is 0 Å². The van der Waals surface area contributed by atoms with E-state index in [1.165, 1.54) is 11.3 Å². The van der Waals surface area contributed by atoms with Gasteiger partial charge in [0.25, 0.3) is 5.91 Å². The van der Waals surface area contributed by atoms with Gasteiger partial charge in [-0.05, 0) is 36.6 Å². The van der Waals surface area contributed by atoms with Crippen LogP contribution >= 0.6 is 0 Å². The number of fused-ring (bicyclic) bond motifs is 1. The van der Waals surface area contributed by atoms with Crippen molar-refractivity contribution in [1.82, 2.24) is 5.32 Å². The van der Waals surface area contributed by atoms with Crippen molar-refractivity contribution in [3.8, 4) is 0 Å². The molecule has 3 rings (SSSR count). The number of hydrogen-bond acceptors (Lipinski definition) is 2. The Labute approximate surface area is 125 Å². The van der Waals surface area contributed by atoms with E-state index in [4.69, 9.17) is 0 Å². The number of para-hydroxylation sites is 1. The van der Waals surface area contributed by atoms with Crippen LogP contribution in [-0.2, 0) is 0 Å². The molecule has 0 bridgehead atoms. The summed E-state index contributed by atoms with van der Waals surface area (Å²) >= 11 is 0. The van der Waals surface area contributed by atoms with Gasteiger partial charge in [-0.15, -0.1) is 0 Å². The summed E-state index contributed by atoms with van der Waals surface area (Å²) in [6.45, 7) is 3.62. The first-order valence-corrected chi connectivity index (χ1v) is 7.42. The number of hydrogen-bond donors (Lipinski definition) is 2. The molecule has 0 saturated carbocycles. The summed E-state index contributed by atoms with van der Waals surface area (Å²) in [7, 11) is 0. The van der Waals surface area contributed by atoms with E-state index in [0.717, 1.165) is 24.1 Å². The number of carbonyl (C=O) groups excluding carboxylic acids is 1. The fourth-order valence-corrected chi connectivity index (χ4v) is 2.90. The van der Waals surface area contributed by atoms with Gasteiger partial charge >= 0.3 is 0 Å². The number of aryl methyl sites for hydroxylation is 1. The molecule has 1 atom stereocenters. The van der Waals surface area contributed by atoms with E-state index in [0.29, 0.717) is 12.5 Å². The lowest BCUT2D eigenvalue weighted by atomic mass is 9.98. The highest BCUT2D eigenvalue weighted by Crippen LogP contribution is 2.32. The predicted molar refractivity (Wildman–Crippen MR) is 85.8 cm³/mol. The normalized spacial score (nSPS) is 16.1. The molecule has 0 fully saturated rings. The summed E-state index contributed by atoms with van der Waals surface area (Å²) in [5.74, 6) is 0.505. The second-order valence-corrected chi connectivity index (χ2v) is 5.52. The molecule has 3 heteroatoms. The Balaban J connectivity index is 1.56. The largest absolute Gasteiger partial charge is 0.384 e. The average molecular weight is 280 g/mol. The third kappa shape index (κ3) is 2.92. The average Bonchev–Trinajstić information content (AvgIpc) is 2.91. The second kappa shape index (κ2) is 6.00. The van der Waals surface area contributed by atoms with E-state index in [9.17, 15) is 4.79 Å². The van der Waals surface area contributed by atoms with Crippen LogP contribution in [0.15, 0.2) is 48.5 Å². The van der Waals surface area contributed by atoms with Crippen molar-refractivity contribution in [2.24, 2.45) is 0 Å². The van der Waals surface area contributed by atoms with Crippen LogP contribution in [0.4, 0.5) is 5.69 Å². The van der Waals surface area contributed by atoms with Crippen LogP contribution in [-0.4, -0.2) is 19.0 Å². The zero-order chi connectivity index (χ0) is 14.7. The van der Waals surface area contributed by atoms with Gasteiger partial charge in [0.05, 0.1) is 0 Å². The predicted octanol–water partition coefficient (Wildman–Crippen LogP) is 3.32. The Morgan fingerprint density at radius 2 is 1.95 bits per heavy atom. The maximum atomic E-state index is 12.2. The molecule has 21 heavy (non-hydrogen) atoms. The summed E-state index contributed by atoms with van der Waals surface area (Å²) in [6, 6.07) is 16.1. The minimum atomic E-state index is 0.0207. The Morgan fingerprint density at radius 3 is 2.81 bits per heavy atom. The van der Waals surface area contributed by atoms with Gasteiger partial charge in [-0.3, -0.25) is 4.79 Å². The van der Waals surface area contributed by atoms with Crippen LogP contribution in [0, 0.1) is 6.92 Å². The minimum absolute atomic E-state index is 0.0207. The fourth-order valence-electron chi connectivity index (χ4n) is 2.90. The molecule has 3 nitrogen and oxygen atoms in total. The zero-order valence-corrected chi connectivity index (χ0v) is 12.2. The lowest BCUT2D eigenvalue weighted by Crippen LogP contribution is -2.26. The number of carbonyl (C=O) groups is 1. The molecule has 2 aromatic carbocycles. The third-order valence-electron chi connectivity index (χ3n) is 4.11. The van der Waals surface area contributed by atoms with Gasteiger partial charge in [-0.1, -0.05) is 36.4 Å². The summed E-state index contributed by atoms with van der Waals surface area (Å²) in [5, 5.41) is 6.45. The highest BCUT2D eigenvalue weighted by atomic mass is 16.1. The standard InChI is InChI=1S/C18H20N2O/c1-13-6-2-3-7-15(13)18(21)19-11-10-14-12-20-17-9-5-4-8-16(14)17/h2-9,14,20H,10-12H2,1H3,(H,19,21). The molecule has 1 aliphatic rings. The number of rotatable bonds is 4. The van der Waals surface area contributed by atoms with Crippen LogP contribution in [0.2, 0.25) is 0 Å². The van der Waals surface area contributed by atoms with Gasteiger partial charge in [-0.25, -0.2) is 0 Å². The zero-order valence-electron chi connectivity index (χ0n) is 12.2. The molecule has 0 radical (unpaired) electrons. The molecule has 0 aromatic heterocycles. The van der Waals surface area contributed by atoms with E-state index in [1.54, 1.807) is 0 Å². The van der Waals surface area contributed by atoms with E-state index in [2.05, 4.69) is 28.8 Å². The van der Waals surface area contributed by atoms with Gasteiger partial charge in [-0.2, -0.15) is 0 Å². The van der Waals surface area contributed by atoms with Crippen LogP contribution in [0.25, 0.3) is 0 Å². The smallest absolute Gasteiger partial charge is 0.251 e. The quantitative estimate of drug-likeness (QED) is 0.902. The van der Waals surface area contributed by atoms with Gasteiger partial charge in [0.2, 0.25) is 0 Å². The van der Waals surface area contributed by atoms with Crippen molar-refractivity contribution in [3.63, 3.8) is 0 Å². The van der Waals surface area contributed by atoms with Gasteiger partial charge in [0.1, 0.15) is 0 Å². The van der Waals surface area contributed by atoms with Crippen molar-refractivity contribution in [2.45, 2.75) is 19.3 Å². The van der Waals surface area contributed by atoms with Gasteiger partial charge in [0, 0.05) is 30.3 Å². The molecule has 2 aromatic rings. The first-order chi connectivity index (χ1) is 10.3. The van der Waals surface area contributed by atoms with Gasteiger partial charge < -0.3 is 10.6 Å². The number of benzene rings is 2. The van der Waals surface area contributed by atoms with Crippen molar-refractivity contribution in [1.29, 1.82) is 0 Å². The number of anilines is 1. The molecular formula is C18H20N2O. The molecule has 1 amide bonds. The summed E-state index contributed by atoms with van der Waals surface area (Å²) in [5.41, 5.74) is 4.38. The SMILES string of the molecule is Cc1ccccc1C(=O)NCCC1CNc2ccccc21. The Morgan fingerprint density at radius 1 is 1.19 bits per heavy atom. The van der Waals surface area contributed by atoms with Crippen molar-refractivity contribution in [3.05, 3.63) is 65.2 Å². The molecule has 1 unspecified atom stereocenters. The lowest BCUT2D eigenvalue weighted by Gasteiger charge is -2.12. The van der Waals surface area contributed by atoms with Crippen LogP contribution in [0.1, 0.15) is 33.8 Å². The first kappa shape index (κ1) is 13.7. The maximum Gasteiger partial charge on any atom is 0.251 e. The van der Waals surface area contributed by atoms with Gasteiger partial charge in [0.15, 0.2) is 0 Å². The summed E-state index contributed by atoms with van der Waals surface area (Å²) < 4.78 is 0. The minimum Gasteiger partial charge on any atom is -0.384 e. The number of nitrogens with one attached hydrogen (secondary N) is 2. The highest BCUT2D eigenvalue weighted by molar-refractivity contribution is 5.95. The Bertz CT molecular complexity index is 651. The molecule has 0 spiro atoms. The van der Waals surface area contributed by atoms with Crippen LogP contribution in [0.3, 0.4) is 0 Å². The van der Waals surface area contributed by atoms with Crippen molar-refractivity contribution >= 4 is 11.6 Å². The van der Waals surface area contributed by atoms with Crippen LogP contribution < -0.4 is 10.6 Å². The van der Waals surface area contributed by atoms with E-state index >= 15 is 0 Å². The molecule has 1 heterocycles. The van der Waals surface area contributed by atoms with Crippen LogP contribution in [0.5, 0.6) is 0 Å². The monoisotopic (exact) mass is 280 g/mol. The topological polar surface area (TPSA) is 41.1 Å². The number of amides is 1. The summed E-state index contributed by atoms with van der Waals surface area (Å²) in [4.78, 5) is 12.2. The lowest BCUT2D eigenvalue weighted by molar-refractivity contribution is 0.0952. The molecule has 108 valence electrons. The Hall–Kier alpha value is -2.29. The summed E-state index contributed by atoms with van der Waals surface area (Å²) in [6.07, 6.45) is 0.960. The fraction of sp³-hybridized carbons (Fsp3) is 0.278. The first-order valence-electron chi connectivity index (χ1n) is 7.42. The highest BCUT2D eigenvalue weighted by Gasteiger charge is 2.21. The van der Waals surface area contributed by atoms with Crippen molar-refractivity contribution < 1.29 is 4.79 Å². The maximum absolute atomic E-state index is 12.2. The Kier molecular flexibility index (Phi) is 3.91. The van der Waals surface area contributed by atoms with Crippen molar-refractivity contribution in [2.75, 3.05) is 18.4 Å². The molecule has 1 aliphatic heterocycles. The molecular weight excluding hydrogens is 260 g/mol. The third-order valence-corrected chi connectivity index (χ3v) is 4.11. The van der Waals surface area contributed by atoms with E-state index in [-0.39, 0.29) is 5.91 Å². The second-order valence-electron chi connectivity index (χ2n) is 5.52. The molecule has 0 saturated heterocycles. The molecule has 2 N–H and O–H groups in total. The van der Waals surface area contributed by atoms with E-state index in [1.807, 2.05) is 37.3 Å². The molecule has 0 aliphatic carbocycles.